The number of rotatable bonds is 5. The zero-order valence-electron chi connectivity index (χ0n) is 18.3. The maximum absolute atomic E-state index is 13.4. The van der Waals surface area contributed by atoms with Crippen molar-refractivity contribution < 1.29 is 4.79 Å². The van der Waals surface area contributed by atoms with Gasteiger partial charge in [0.25, 0.3) is 0 Å². The maximum Gasteiger partial charge on any atom is 0.232 e. The first-order valence-electron chi connectivity index (χ1n) is 10.6. The Bertz CT molecular complexity index is 1470. The summed E-state index contributed by atoms with van der Waals surface area (Å²) in [5.74, 6) is 0.444. The monoisotopic (exact) mass is 511 g/mol. The molecule has 1 aliphatic rings. The number of carbonyl (C=O) groups excluding carboxylic acids is 1. The number of thioether (sulfide) groups is 1. The molecule has 2 aromatic carbocycles. The smallest absolute Gasteiger partial charge is 0.232 e. The van der Waals surface area contributed by atoms with Gasteiger partial charge in [-0.2, -0.15) is 10.5 Å². The summed E-state index contributed by atoms with van der Waals surface area (Å²) in [7, 11) is 0. The fourth-order valence-corrected chi connectivity index (χ4v) is 6.66. The summed E-state index contributed by atoms with van der Waals surface area (Å²) >= 11 is 4.38. The van der Waals surface area contributed by atoms with Gasteiger partial charge in [-0.25, -0.2) is 4.98 Å². The molecule has 0 fully saturated rings. The van der Waals surface area contributed by atoms with E-state index in [9.17, 15) is 15.3 Å². The van der Waals surface area contributed by atoms with Gasteiger partial charge in [0.05, 0.1) is 16.9 Å². The standard InChI is InChI=1S/C26H17N5OS3/c27-14-16-24(22-10-5-12-33-22)17(15-28)26(30-25(16)29)34-13-11-23(32)31-18-6-1-3-8-20(18)35-21-9-4-2-7-19(21)31/h1-10,12H,11,13H2,(H2,29,30). The molecule has 1 aliphatic heterocycles. The predicted molar refractivity (Wildman–Crippen MR) is 141 cm³/mol. The number of nitrogen functional groups attached to an aromatic ring is 1. The number of hydrogen-bond acceptors (Lipinski definition) is 8. The normalized spacial score (nSPS) is 11.8. The zero-order chi connectivity index (χ0) is 24.4. The molecule has 5 rings (SSSR count). The number of thiophene rings is 1. The van der Waals surface area contributed by atoms with Gasteiger partial charge in [-0.15, -0.1) is 23.1 Å². The van der Waals surface area contributed by atoms with Gasteiger partial charge in [0.1, 0.15) is 28.5 Å². The summed E-state index contributed by atoms with van der Waals surface area (Å²) in [5, 5.41) is 21.8. The average Bonchev–Trinajstić information content (AvgIpc) is 3.41. The molecule has 0 radical (unpaired) electrons. The number of amides is 1. The van der Waals surface area contributed by atoms with Crippen LogP contribution in [0.15, 0.2) is 80.9 Å². The van der Waals surface area contributed by atoms with Gasteiger partial charge < -0.3 is 5.73 Å². The third-order valence-electron chi connectivity index (χ3n) is 5.42. The zero-order valence-corrected chi connectivity index (χ0v) is 20.7. The summed E-state index contributed by atoms with van der Waals surface area (Å²) < 4.78 is 0. The van der Waals surface area contributed by atoms with Crippen LogP contribution in [-0.4, -0.2) is 16.6 Å². The first-order valence-corrected chi connectivity index (χ1v) is 13.3. The maximum atomic E-state index is 13.4. The second-order valence-electron chi connectivity index (χ2n) is 7.49. The van der Waals surface area contributed by atoms with Crippen LogP contribution in [0.2, 0.25) is 0 Å². The Labute approximate surface area is 215 Å². The molecule has 2 aromatic heterocycles. The molecule has 9 heteroatoms. The molecule has 0 bridgehead atoms. The SMILES string of the molecule is N#Cc1c(N)nc(SCCC(=O)N2c3ccccc3Sc3ccccc32)c(C#N)c1-c1cccs1. The number of fused-ring (bicyclic) bond motifs is 2. The van der Waals surface area contributed by atoms with Crippen LogP contribution in [0.3, 0.4) is 0 Å². The van der Waals surface area contributed by atoms with Crippen molar-refractivity contribution in [1.29, 1.82) is 10.5 Å². The molecule has 3 heterocycles. The van der Waals surface area contributed by atoms with Crippen LogP contribution in [0.5, 0.6) is 0 Å². The van der Waals surface area contributed by atoms with Crippen LogP contribution in [0.4, 0.5) is 17.2 Å². The number of nitriles is 2. The molecule has 0 aliphatic carbocycles. The number of pyridine rings is 1. The Morgan fingerprint density at radius 3 is 2.23 bits per heavy atom. The number of nitrogens with two attached hydrogens (primary N) is 1. The quantitative estimate of drug-likeness (QED) is 0.307. The minimum Gasteiger partial charge on any atom is -0.383 e. The van der Waals surface area contributed by atoms with Gasteiger partial charge in [0.2, 0.25) is 5.91 Å². The number of nitrogens with zero attached hydrogens (tertiary/aromatic N) is 4. The third-order valence-corrected chi connectivity index (χ3v) is 8.41. The lowest BCUT2D eigenvalue weighted by Crippen LogP contribution is -2.28. The molecule has 6 nitrogen and oxygen atoms in total. The van der Waals surface area contributed by atoms with E-state index in [-0.39, 0.29) is 23.7 Å². The van der Waals surface area contributed by atoms with Crippen molar-refractivity contribution in [2.45, 2.75) is 21.2 Å². The number of benzene rings is 2. The van der Waals surface area contributed by atoms with E-state index in [1.54, 1.807) is 16.7 Å². The molecule has 0 unspecified atom stereocenters. The van der Waals surface area contributed by atoms with Crippen LogP contribution in [0, 0.1) is 22.7 Å². The van der Waals surface area contributed by atoms with Crippen molar-refractivity contribution >= 4 is 58.0 Å². The number of para-hydroxylation sites is 2. The summed E-state index contributed by atoms with van der Waals surface area (Å²) in [6, 6.07) is 23.7. The highest BCUT2D eigenvalue weighted by Gasteiger charge is 2.28. The van der Waals surface area contributed by atoms with E-state index in [0.29, 0.717) is 21.9 Å². The largest absolute Gasteiger partial charge is 0.383 e. The fraction of sp³-hybridized carbons (Fsp3) is 0.0769. The molecular weight excluding hydrogens is 495 g/mol. The number of hydrogen-bond donors (Lipinski definition) is 1. The van der Waals surface area contributed by atoms with Crippen molar-refractivity contribution in [3.05, 3.63) is 77.2 Å². The van der Waals surface area contributed by atoms with E-state index in [0.717, 1.165) is 26.0 Å². The fourth-order valence-electron chi connectivity index (χ4n) is 3.89. The highest BCUT2D eigenvalue weighted by atomic mass is 32.2. The Kier molecular flexibility index (Phi) is 6.47. The lowest BCUT2D eigenvalue weighted by molar-refractivity contribution is -0.117. The third kappa shape index (κ3) is 4.26. The molecule has 0 spiro atoms. The van der Waals surface area contributed by atoms with Gasteiger partial charge in [-0.1, -0.05) is 42.1 Å². The summed E-state index contributed by atoms with van der Waals surface area (Å²) in [4.78, 5) is 22.4. The summed E-state index contributed by atoms with van der Waals surface area (Å²) in [6.45, 7) is 0. The lowest BCUT2D eigenvalue weighted by atomic mass is 10.0. The molecule has 35 heavy (non-hydrogen) atoms. The molecule has 0 saturated carbocycles. The van der Waals surface area contributed by atoms with Crippen molar-refractivity contribution in [3.8, 4) is 22.6 Å². The van der Waals surface area contributed by atoms with E-state index >= 15 is 0 Å². The van der Waals surface area contributed by atoms with Crippen LogP contribution in [-0.2, 0) is 4.79 Å². The average molecular weight is 512 g/mol. The highest BCUT2D eigenvalue weighted by Crippen LogP contribution is 2.48. The number of carbonyl (C=O) groups is 1. The topological polar surface area (TPSA) is 107 Å². The van der Waals surface area contributed by atoms with Crippen molar-refractivity contribution in [1.82, 2.24) is 4.98 Å². The van der Waals surface area contributed by atoms with Crippen LogP contribution in [0.1, 0.15) is 17.5 Å². The Hall–Kier alpha value is -3.76. The van der Waals surface area contributed by atoms with Crippen LogP contribution < -0.4 is 10.6 Å². The number of anilines is 3. The predicted octanol–water partition coefficient (Wildman–Crippen LogP) is 6.45. The van der Waals surface area contributed by atoms with Crippen molar-refractivity contribution in [3.63, 3.8) is 0 Å². The van der Waals surface area contributed by atoms with Gasteiger partial charge in [-0.3, -0.25) is 9.69 Å². The van der Waals surface area contributed by atoms with Crippen LogP contribution in [0.25, 0.3) is 10.4 Å². The Morgan fingerprint density at radius 2 is 1.63 bits per heavy atom. The van der Waals surface area contributed by atoms with E-state index in [2.05, 4.69) is 17.1 Å². The van der Waals surface area contributed by atoms with Gasteiger partial charge in [0, 0.05) is 32.4 Å². The first-order chi connectivity index (χ1) is 17.1. The van der Waals surface area contributed by atoms with E-state index in [1.165, 1.54) is 23.1 Å². The minimum absolute atomic E-state index is 0.0451. The Morgan fingerprint density at radius 1 is 0.971 bits per heavy atom. The molecule has 0 atom stereocenters. The van der Waals surface area contributed by atoms with Gasteiger partial charge >= 0.3 is 0 Å². The second kappa shape index (κ2) is 9.85. The van der Waals surface area contributed by atoms with Crippen molar-refractivity contribution in [2.24, 2.45) is 0 Å². The molecule has 2 N–H and O–H groups in total. The van der Waals surface area contributed by atoms with Crippen molar-refractivity contribution in [2.75, 3.05) is 16.4 Å². The Balaban J connectivity index is 1.42. The molecule has 170 valence electrons. The molecular formula is C26H17N5OS3. The molecule has 0 saturated heterocycles. The lowest BCUT2D eigenvalue weighted by Gasteiger charge is -2.31. The summed E-state index contributed by atoms with van der Waals surface area (Å²) in [6.07, 6.45) is 0.235. The van der Waals surface area contributed by atoms with Crippen LogP contribution >= 0.6 is 34.9 Å². The summed E-state index contributed by atoms with van der Waals surface area (Å²) in [5.41, 5.74) is 8.82. The highest BCUT2D eigenvalue weighted by molar-refractivity contribution is 7.99. The number of aromatic nitrogens is 1. The van der Waals surface area contributed by atoms with E-state index < -0.39 is 0 Å². The second-order valence-corrected chi connectivity index (χ2v) is 10.6. The minimum atomic E-state index is -0.0451. The van der Waals surface area contributed by atoms with E-state index in [1.807, 2.05) is 66.0 Å². The van der Waals surface area contributed by atoms with E-state index in [4.69, 9.17) is 5.73 Å². The molecule has 1 amide bonds. The van der Waals surface area contributed by atoms with Gasteiger partial charge in [-0.05, 0) is 35.7 Å². The van der Waals surface area contributed by atoms with Gasteiger partial charge in [0.15, 0.2) is 0 Å². The first kappa shape index (κ1) is 23.0. The molecule has 4 aromatic rings.